The van der Waals surface area contributed by atoms with E-state index in [2.05, 4.69) is 25.9 Å². The highest BCUT2D eigenvalue weighted by Gasteiger charge is 2.30. The number of primary amides is 1. The number of carbonyl (C=O) groups excluding carboxylic acids is 4. The van der Waals surface area contributed by atoms with Gasteiger partial charge in [0.05, 0.1) is 19.0 Å². The molecule has 0 spiro atoms. The summed E-state index contributed by atoms with van der Waals surface area (Å²) in [5.74, 6) is -4.63. The Morgan fingerprint density at radius 1 is 0.921 bits per heavy atom. The number of carbonyl (C=O) groups is 5. The number of imidazole rings is 1. The lowest BCUT2D eigenvalue weighted by molar-refractivity contribution is -0.142. The summed E-state index contributed by atoms with van der Waals surface area (Å²) in [6.07, 6.45) is 2.30. The average molecular weight is 534 g/mol. The molecule has 11 N–H and O–H groups in total. The smallest absolute Gasteiger partial charge is 0.326 e. The zero-order valence-corrected chi connectivity index (χ0v) is 20.3. The molecule has 15 heteroatoms. The standard InChI is InChI=1S/C23H31N7O8/c24-15(5-6-19(25)33)20(34)28-16(7-12-1-3-14(32)4-2-12)21(35)30-18(10-31)22(36)29-17(23(37)38)8-13-9-26-11-27-13/h1-4,9,11,15-18,31-32H,5-8,10,24H2,(H2,25,33)(H,26,27)(H,28,34)(H,29,36)(H,30,35)(H,37,38). The molecule has 4 unspecified atom stereocenters. The largest absolute Gasteiger partial charge is 0.508 e. The topological polar surface area (TPSA) is 263 Å². The normalized spacial score (nSPS) is 13.9. The van der Waals surface area contributed by atoms with Crippen LogP contribution in [0.4, 0.5) is 0 Å². The maximum atomic E-state index is 13.1. The van der Waals surface area contributed by atoms with Gasteiger partial charge in [-0.1, -0.05) is 12.1 Å². The van der Waals surface area contributed by atoms with Crippen molar-refractivity contribution in [3.63, 3.8) is 0 Å². The molecule has 0 aliphatic heterocycles. The molecular formula is C23H31N7O8. The number of aromatic nitrogens is 2. The molecule has 4 amide bonds. The monoisotopic (exact) mass is 533 g/mol. The zero-order chi connectivity index (χ0) is 28.2. The predicted octanol–water partition coefficient (Wildman–Crippen LogP) is -2.98. The number of nitrogens with two attached hydrogens (primary N) is 2. The zero-order valence-electron chi connectivity index (χ0n) is 20.3. The summed E-state index contributed by atoms with van der Waals surface area (Å²) in [4.78, 5) is 67.4. The lowest BCUT2D eigenvalue weighted by atomic mass is 10.0. The highest BCUT2D eigenvalue weighted by atomic mass is 16.4. The quantitative estimate of drug-likeness (QED) is 0.112. The minimum absolute atomic E-state index is 0.0209. The van der Waals surface area contributed by atoms with Crippen LogP contribution < -0.4 is 27.4 Å². The Hall–Kier alpha value is -4.50. The summed E-state index contributed by atoms with van der Waals surface area (Å²) < 4.78 is 0. The lowest BCUT2D eigenvalue weighted by Crippen LogP contribution is -2.58. The Bertz CT molecular complexity index is 1110. The molecule has 0 saturated carbocycles. The second kappa shape index (κ2) is 14.3. The van der Waals surface area contributed by atoms with Gasteiger partial charge in [-0.3, -0.25) is 19.2 Å². The van der Waals surface area contributed by atoms with Gasteiger partial charge >= 0.3 is 5.97 Å². The molecule has 0 saturated heterocycles. The number of benzene rings is 1. The highest BCUT2D eigenvalue weighted by Crippen LogP contribution is 2.12. The summed E-state index contributed by atoms with van der Waals surface area (Å²) in [5.41, 5.74) is 11.8. The fourth-order valence-electron chi connectivity index (χ4n) is 3.34. The molecule has 0 aliphatic carbocycles. The van der Waals surface area contributed by atoms with Crippen LogP contribution in [0.1, 0.15) is 24.1 Å². The van der Waals surface area contributed by atoms with E-state index in [9.17, 15) is 39.3 Å². The fourth-order valence-corrected chi connectivity index (χ4v) is 3.34. The van der Waals surface area contributed by atoms with Gasteiger partial charge in [0.2, 0.25) is 23.6 Å². The summed E-state index contributed by atoms with van der Waals surface area (Å²) >= 11 is 0. The van der Waals surface area contributed by atoms with Crippen molar-refractivity contribution in [1.82, 2.24) is 25.9 Å². The maximum Gasteiger partial charge on any atom is 0.326 e. The van der Waals surface area contributed by atoms with E-state index in [-0.39, 0.29) is 31.4 Å². The Labute approximate surface area is 217 Å². The number of hydrogen-bond donors (Lipinski definition) is 9. The van der Waals surface area contributed by atoms with Crippen LogP contribution in [0, 0.1) is 0 Å². The third kappa shape index (κ3) is 9.51. The number of rotatable bonds is 15. The van der Waals surface area contributed by atoms with Crippen LogP contribution in [0.2, 0.25) is 0 Å². The molecule has 1 aromatic heterocycles. The molecule has 2 aromatic rings. The van der Waals surface area contributed by atoms with Crippen molar-refractivity contribution in [2.75, 3.05) is 6.61 Å². The van der Waals surface area contributed by atoms with Crippen LogP contribution >= 0.6 is 0 Å². The Kier molecular flexibility index (Phi) is 11.2. The molecule has 0 aliphatic rings. The van der Waals surface area contributed by atoms with Crippen molar-refractivity contribution < 1.29 is 39.3 Å². The second-order valence-corrected chi connectivity index (χ2v) is 8.47. The SMILES string of the molecule is NC(=O)CCC(N)C(=O)NC(Cc1ccc(O)cc1)C(=O)NC(CO)C(=O)NC(Cc1cnc[nH]1)C(=O)O. The fraction of sp³-hybridized carbons (Fsp3) is 0.391. The van der Waals surface area contributed by atoms with Gasteiger partial charge in [-0.2, -0.15) is 0 Å². The predicted molar refractivity (Wildman–Crippen MR) is 131 cm³/mol. The minimum atomic E-state index is -1.55. The van der Waals surface area contributed by atoms with E-state index in [1.807, 2.05) is 0 Å². The van der Waals surface area contributed by atoms with Gasteiger partial charge in [-0.05, 0) is 24.1 Å². The summed E-state index contributed by atoms with van der Waals surface area (Å²) in [5, 5.41) is 35.7. The molecule has 1 aromatic carbocycles. The summed E-state index contributed by atoms with van der Waals surface area (Å²) in [6, 6.07) is 0.400. The van der Waals surface area contributed by atoms with Crippen molar-refractivity contribution in [3.8, 4) is 5.75 Å². The van der Waals surface area contributed by atoms with Crippen molar-refractivity contribution in [1.29, 1.82) is 0 Å². The average Bonchev–Trinajstić information content (AvgIpc) is 3.39. The Morgan fingerprint density at radius 2 is 1.53 bits per heavy atom. The van der Waals surface area contributed by atoms with Crippen LogP contribution in [0.3, 0.4) is 0 Å². The molecule has 15 nitrogen and oxygen atoms in total. The number of nitrogens with zero attached hydrogens (tertiary/aromatic N) is 1. The first-order valence-electron chi connectivity index (χ1n) is 11.5. The van der Waals surface area contributed by atoms with Crippen molar-refractivity contribution >= 4 is 29.6 Å². The van der Waals surface area contributed by atoms with Gasteiger partial charge in [-0.15, -0.1) is 0 Å². The minimum Gasteiger partial charge on any atom is -0.508 e. The lowest BCUT2D eigenvalue weighted by Gasteiger charge is -2.24. The molecule has 206 valence electrons. The first-order chi connectivity index (χ1) is 18.0. The number of amides is 4. The van der Waals surface area contributed by atoms with Crippen LogP contribution in [-0.2, 0) is 36.8 Å². The molecule has 0 radical (unpaired) electrons. The summed E-state index contributed by atoms with van der Waals surface area (Å²) in [7, 11) is 0. The van der Waals surface area contributed by atoms with Crippen LogP contribution in [0.15, 0.2) is 36.8 Å². The third-order valence-corrected chi connectivity index (χ3v) is 5.46. The maximum absolute atomic E-state index is 13.1. The number of aliphatic carboxylic acids is 1. The molecule has 4 atom stereocenters. The number of phenolic OH excluding ortho intramolecular Hbond substituents is 1. The van der Waals surface area contributed by atoms with E-state index in [1.165, 1.54) is 36.8 Å². The van der Waals surface area contributed by atoms with Gasteiger partial charge < -0.3 is 47.7 Å². The first kappa shape index (κ1) is 29.7. The van der Waals surface area contributed by atoms with Gasteiger partial charge in [0, 0.05) is 31.2 Å². The van der Waals surface area contributed by atoms with Gasteiger partial charge in [-0.25, -0.2) is 9.78 Å². The van der Waals surface area contributed by atoms with Gasteiger partial charge in [0.25, 0.3) is 0 Å². The van der Waals surface area contributed by atoms with Crippen LogP contribution in [0.25, 0.3) is 0 Å². The number of H-pyrrole nitrogens is 1. The third-order valence-electron chi connectivity index (χ3n) is 5.46. The number of phenols is 1. The van der Waals surface area contributed by atoms with Gasteiger partial charge in [0.15, 0.2) is 0 Å². The Balaban J connectivity index is 2.13. The number of aliphatic hydroxyl groups excluding tert-OH is 1. The number of carboxylic acids is 1. The first-order valence-corrected chi connectivity index (χ1v) is 11.5. The van der Waals surface area contributed by atoms with Crippen molar-refractivity contribution in [2.24, 2.45) is 11.5 Å². The van der Waals surface area contributed by atoms with Gasteiger partial charge in [0.1, 0.15) is 23.9 Å². The molecule has 38 heavy (non-hydrogen) atoms. The number of aliphatic hydroxyl groups is 1. The summed E-state index contributed by atoms with van der Waals surface area (Å²) in [6.45, 7) is -0.869. The van der Waals surface area contributed by atoms with Crippen LogP contribution in [0.5, 0.6) is 5.75 Å². The number of aromatic amines is 1. The molecular weight excluding hydrogens is 502 g/mol. The number of nitrogens with one attached hydrogen (secondary N) is 4. The van der Waals surface area contributed by atoms with E-state index in [4.69, 9.17) is 11.5 Å². The number of aromatic hydroxyl groups is 1. The molecule has 0 fully saturated rings. The molecule has 2 rings (SSSR count). The van der Waals surface area contributed by atoms with E-state index in [0.717, 1.165) is 0 Å². The molecule has 0 bridgehead atoms. The van der Waals surface area contributed by atoms with Crippen molar-refractivity contribution in [2.45, 2.75) is 49.9 Å². The van der Waals surface area contributed by atoms with Crippen molar-refractivity contribution in [3.05, 3.63) is 48.0 Å². The second-order valence-electron chi connectivity index (χ2n) is 8.47. The van der Waals surface area contributed by atoms with E-state index in [1.54, 1.807) is 0 Å². The number of carboxylic acid groups (broad SMARTS) is 1. The Morgan fingerprint density at radius 3 is 2.08 bits per heavy atom. The number of hydrogen-bond acceptors (Lipinski definition) is 9. The molecule has 1 heterocycles. The van der Waals surface area contributed by atoms with Crippen LogP contribution in [-0.4, -0.2) is 85.7 Å². The van der Waals surface area contributed by atoms with E-state index in [0.29, 0.717) is 11.3 Å². The van der Waals surface area contributed by atoms with E-state index < -0.39 is 60.4 Å². The highest BCUT2D eigenvalue weighted by molar-refractivity contribution is 5.94. The van der Waals surface area contributed by atoms with E-state index >= 15 is 0 Å².